The zero-order chi connectivity index (χ0) is 17.6. The molecular formula is C20H19BrN2O2. The molecule has 1 atom stereocenters. The first-order chi connectivity index (χ1) is 12.0. The van der Waals surface area contributed by atoms with Gasteiger partial charge in [0.15, 0.2) is 0 Å². The Morgan fingerprint density at radius 3 is 2.60 bits per heavy atom. The van der Waals surface area contributed by atoms with Gasteiger partial charge in [0, 0.05) is 17.4 Å². The Kier molecular flexibility index (Phi) is 3.91. The average molecular weight is 399 g/mol. The smallest absolute Gasteiger partial charge is 0.309 e. The molecule has 2 heterocycles. The third-order valence-corrected chi connectivity index (χ3v) is 5.71. The first-order valence-electron chi connectivity index (χ1n) is 8.48. The molecule has 3 amide bonds. The highest BCUT2D eigenvalue weighted by Crippen LogP contribution is 2.42. The first-order valence-corrected chi connectivity index (χ1v) is 9.28. The molecule has 25 heavy (non-hydrogen) atoms. The minimum atomic E-state index is -0.741. The van der Waals surface area contributed by atoms with E-state index in [0.29, 0.717) is 18.7 Å². The Bertz CT molecular complexity index is 849. The maximum Gasteiger partial charge on any atom is 0.332 e. The topological polar surface area (TPSA) is 40.6 Å². The SMILES string of the molecule is Cc1cccc(N2C(=O)N3CCCC3(Cc3ccc(Br)cc3)C2=O)c1. The maximum atomic E-state index is 13.4. The predicted octanol–water partition coefficient (Wildman–Crippen LogP) is 4.30. The van der Waals surface area contributed by atoms with Gasteiger partial charge in [0.2, 0.25) is 0 Å². The maximum absolute atomic E-state index is 13.4. The summed E-state index contributed by atoms with van der Waals surface area (Å²) in [4.78, 5) is 29.5. The summed E-state index contributed by atoms with van der Waals surface area (Å²) in [5, 5.41) is 0. The number of amides is 3. The van der Waals surface area contributed by atoms with Gasteiger partial charge in [-0.2, -0.15) is 0 Å². The first kappa shape index (κ1) is 16.3. The minimum absolute atomic E-state index is 0.0940. The molecule has 128 valence electrons. The van der Waals surface area contributed by atoms with Crippen molar-refractivity contribution in [3.63, 3.8) is 0 Å². The average Bonchev–Trinajstić information content (AvgIpc) is 3.09. The number of carbonyl (C=O) groups excluding carboxylic acids is 2. The van der Waals surface area contributed by atoms with Crippen LogP contribution in [0.3, 0.4) is 0 Å². The summed E-state index contributed by atoms with van der Waals surface area (Å²) in [7, 11) is 0. The van der Waals surface area contributed by atoms with E-state index >= 15 is 0 Å². The van der Waals surface area contributed by atoms with Gasteiger partial charge in [0.05, 0.1) is 5.69 Å². The molecule has 0 N–H and O–H groups in total. The lowest BCUT2D eigenvalue weighted by atomic mass is 9.88. The normalized spacial score (nSPS) is 22.6. The van der Waals surface area contributed by atoms with E-state index in [2.05, 4.69) is 15.9 Å². The lowest BCUT2D eigenvalue weighted by Crippen LogP contribution is -2.47. The van der Waals surface area contributed by atoms with Gasteiger partial charge in [0.25, 0.3) is 5.91 Å². The lowest BCUT2D eigenvalue weighted by molar-refractivity contribution is -0.123. The van der Waals surface area contributed by atoms with Crippen LogP contribution in [-0.4, -0.2) is 28.9 Å². The van der Waals surface area contributed by atoms with Crippen molar-refractivity contribution in [3.8, 4) is 0 Å². The lowest BCUT2D eigenvalue weighted by Gasteiger charge is -2.28. The summed E-state index contributed by atoms with van der Waals surface area (Å²) in [5.41, 5.74) is 2.03. The third-order valence-electron chi connectivity index (χ3n) is 5.18. The highest BCUT2D eigenvalue weighted by molar-refractivity contribution is 9.10. The summed E-state index contributed by atoms with van der Waals surface area (Å²) in [6, 6.07) is 15.4. The Balaban J connectivity index is 1.72. The molecule has 0 spiro atoms. The molecule has 0 aliphatic carbocycles. The largest absolute Gasteiger partial charge is 0.332 e. The number of anilines is 1. The molecule has 0 aromatic heterocycles. The van der Waals surface area contributed by atoms with Crippen molar-refractivity contribution in [1.82, 2.24) is 4.90 Å². The molecule has 0 bridgehead atoms. The van der Waals surface area contributed by atoms with Gasteiger partial charge < -0.3 is 4.90 Å². The second-order valence-corrected chi connectivity index (χ2v) is 7.77. The quantitative estimate of drug-likeness (QED) is 0.723. The monoisotopic (exact) mass is 398 g/mol. The number of urea groups is 1. The summed E-state index contributed by atoms with van der Waals surface area (Å²) < 4.78 is 1.01. The number of benzene rings is 2. The zero-order valence-electron chi connectivity index (χ0n) is 14.0. The van der Waals surface area contributed by atoms with Crippen LogP contribution in [0.15, 0.2) is 53.0 Å². The second-order valence-electron chi connectivity index (χ2n) is 6.85. The van der Waals surface area contributed by atoms with Crippen molar-refractivity contribution in [2.24, 2.45) is 0 Å². The van der Waals surface area contributed by atoms with E-state index in [1.807, 2.05) is 55.5 Å². The molecule has 2 aromatic carbocycles. The number of fused-ring (bicyclic) bond motifs is 1. The number of halogens is 1. The molecule has 2 aliphatic heterocycles. The van der Waals surface area contributed by atoms with E-state index in [0.717, 1.165) is 28.4 Å². The van der Waals surface area contributed by atoms with Crippen LogP contribution < -0.4 is 4.90 Å². The second kappa shape index (κ2) is 5.99. The number of imide groups is 1. The van der Waals surface area contributed by atoms with Crippen molar-refractivity contribution < 1.29 is 9.59 Å². The van der Waals surface area contributed by atoms with Crippen molar-refractivity contribution in [3.05, 3.63) is 64.1 Å². The van der Waals surface area contributed by atoms with Crippen LogP contribution in [-0.2, 0) is 11.2 Å². The molecule has 2 saturated heterocycles. The Morgan fingerprint density at radius 1 is 1.12 bits per heavy atom. The third kappa shape index (κ3) is 2.58. The number of aryl methyl sites for hydroxylation is 1. The van der Waals surface area contributed by atoms with Gasteiger partial charge >= 0.3 is 6.03 Å². The number of hydrogen-bond acceptors (Lipinski definition) is 2. The summed E-state index contributed by atoms with van der Waals surface area (Å²) >= 11 is 3.44. The van der Waals surface area contributed by atoms with Gasteiger partial charge in [-0.15, -0.1) is 0 Å². The standard InChI is InChI=1S/C20H19BrN2O2/c1-14-4-2-5-17(12-14)23-18(24)20(10-3-11-22(20)19(23)25)13-15-6-8-16(21)9-7-15/h2,4-9,12H,3,10-11,13H2,1H3. The Hall–Kier alpha value is -2.14. The van der Waals surface area contributed by atoms with Gasteiger partial charge in [-0.1, -0.05) is 40.2 Å². The van der Waals surface area contributed by atoms with Crippen LogP contribution in [0.25, 0.3) is 0 Å². The van der Waals surface area contributed by atoms with E-state index in [9.17, 15) is 9.59 Å². The van der Waals surface area contributed by atoms with Gasteiger partial charge in [0.1, 0.15) is 5.54 Å². The van der Waals surface area contributed by atoms with Crippen LogP contribution in [0.2, 0.25) is 0 Å². The van der Waals surface area contributed by atoms with Crippen LogP contribution in [0.5, 0.6) is 0 Å². The molecule has 0 radical (unpaired) electrons. The number of nitrogens with zero attached hydrogens (tertiary/aromatic N) is 2. The zero-order valence-corrected chi connectivity index (χ0v) is 15.6. The fraction of sp³-hybridized carbons (Fsp3) is 0.300. The van der Waals surface area contributed by atoms with Crippen LogP contribution in [0.4, 0.5) is 10.5 Å². The number of hydrogen-bond donors (Lipinski definition) is 0. The van der Waals surface area contributed by atoms with Crippen LogP contribution in [0, 0.1) is 6.92 Å². The Morgan fingerprint density at radius 2 is 1.88 bits per heavy atom. The van der Waals surface area contributed by atoms with Gasteiger partial charge in [-0.05, 0) is 55.2 Å². The molecule has 2 fully saturated rings. The highest BCUT2D eigenvalue weighted by Gasteiger charge is 2.59. The van der Waals surface area contributed by atoms with E-state index in [4.69, 9.17) is 0 Å². The number of rotatable bonds is 3. The van der Waals surface area contributed by atoms with Crippen molar-refractivity contribution in [2.45, 2.75) is 31.7 Å². The fourth-order valence-electron chi connectivity index (χ4n) is 3.99. The Labute approximate surface area is 155 Å². The van der Waals surface area contributed by atoms with Crippen molar-refractivity contribution in [1.29, 1.82) is 0 Å². The molecule has 5 heteroatoms. The van der Waals surface area contributed by atoms with Gasteiger partial charge in [-0.3, -0.25) is 4.79 Å². The molecular weight excluding hydrogens is 380 g/mol. The number of carbonyl (C=O) groups is 2. The van der Waals surface area contributed by atoms with Crippen molar-refractivity contribution in [2.75, 3.05) is 11.4 Å². The van der Waals surface area contributed by atoms with E-state index in [1.165, 1.54) is 4.90 Å². The molecule has 0 saturated carbocycles. The fourth-order valence-corrected chi connectivity index (χ4v) is 4.25. The van der Waals surface area contributed by atoms with Crippen LogP contribution in [0.1, 0.15) is 24.0 Å². The summed E-state index contributed by atoms with van der Waals surface area (Å²) in [6.07, 6.45) is 2.15. The molecule has 2 aromatic rings. The van der Waals surface area contributed by atoms with Crippen LogP contribution >= 0.6 is 15.9 Å². The molecule has 1 unspecified atom stereocenters. The van der Waals surface area contributed by atoms with E-state index in [1.54, 1.807) is 4.90 Å². The predicted molar refractivity (Wildman–Crippen MR) is 101 cm³/mol. The molecule has 4 rings (SSSR count). The summed E-state index contributed by atoms with van der Waals surface area (Å²) in [6.45, 7) is 2.61. The molecule has 2 aliphatic rings. The molecule has 4 nitrogen and oxygen atoms in total. The summed E-state index contributed by atoms with van der Waals surface area (Å²) in [5.74, 6) is -0.0940. The van der Waals surface area contributed by atoms with E-state index in [-0.39, 0.29) is 11.9 Å². The van der Waals surface area contributed by atoms with Gasteiger partial charge in [-0.25, -0.2) is 9.69 Å². The minimum Gasteiger partial charge on any atom is -0.309 e. The van der Waals surface area contributed by atoms with E-state index < -0.39 is 5.54 Å². The highest BCUT2D eigenvalue weighted by atomic mass is 79.9. The van der Waals surface area contributed by atoms with Crippen molar-refractivity contribution >= 4 is 33.6 Å².